The van der Waals surface area contributed by atoms with E-state index in [0.717, 1.165) is 0 Å². The average molecular weight is 378 g/mol. The van der Waals surface area contributed by atoms with E-state index >= 15 is 0 Å². The zero-order valence-corrected chi connectivity index (χ0v) is 15.8. The molecule has 0 aliphatic rings. The monoisotopic (exact) mass is 378 g/mol. The SMILES string of the molecule is COc1ccc(O)c(/C=N\Nc2nc(SCC(=O)NC(C)(C)C)n[nH]2)c1. The van der Waals surface area contributed by atoms with Crippen LogP contribution in [0.3, 0.4) is 0 Å². The molecule has 10 heteroatoms. The van der Waals surface area contributed by atoms with Gasteiger partial charge in [-0.05, 0) is 39.0 Å². The highest BCUT2D eigenvalue weighted by Crippen LogP contribution is 2.21. The number of rotatable bonds is 7. The minimum Gasteiger partial charge on any atom is -0.507 e. The molecule has 0 saturated heterocycles. The molecule has 1 amide bonds. The number of hydrogen-bond donors (Lipinski definition) is 4. The predicted octanol–water partition coefficient (Wildman–Crippen LogP) is 1.97. The number of H-pyrrole nitrogens is 1. The molecular weight excluding hydrogens is 356 g/mol. The third-order valence-corrected chi connectivity index (χ3v) is 3.77. The fourth-order valence-electron chi connectivity index (χ4n) is 1.87. The van der Waals surface area contributed by atoms with Crippen LogP contribution in [0.5, 0.6) is 11.5 Å². The summed E-state index contributed by atoms with van der Waals surface area (Å²) in [4.78, 5) is 16.0. The van der Waals surface area contributed by atoms with Gasteiger partial charge in [-0.3, -0.25) is 4.79 Å². The lowest BCUT2D eigenvalue weighted by atomic mass is 10.1. The molecule has 0 radical (unpaired) electrons. The number of aromatic hydroxyl groups is 1. The summed E-state index contributed by atoms with van der Waals surface area (Å²) >= 11 is 1.21. The molecule has 4 N–H and O–H groups in total. The summed E-state index contributed by atoms with van der Waals surface area (Å²) in [6.07, 6.45) is 1.43. The molecule has 0 unspecified atom stereocenters. The Bertz CT molecular complexity index is 785. The van der Waals surface area contributed by atoms with Crippen molar-refractivity contribution in [1.29, 1.82) is 0 Å². The van der Waals surface area contributed by atoms with Crippen molar-refractivity contribution in [3.63, 3.8) is 0 Å². The molecule has 0 atom stereocenters. The zero-order valence-electron chi connectivity index (χ0n) is 15.0. The first kappa shape index (κ1) is 19.6. The van der Waals surface area contributed by atoms with Crippen molar-refractivity contribution in [3.05, 3.63) is 23.8 Å². The number of phenolic OH excluding ortho intramolecular Hbond substituents is 1. The maximum Gasteiger partial charge on any atom is 0.240 e. The van der Waals surface area contributed by atoms with E-state index in [2.05, 4.69) is 31.0 Å². The average Bonchev–Trinajstić information content (AvgIpc) is 3.01. The molecule has 0 fully saturated rings. The number of nitrogens with one attached hydrogen (secondary N) is 3. The van der Waals surface area contributed by atoms with Crippen molar-refractivity contribution >= 4 is 29.8 Å². The normalized spacial score (nSPS) is 11.5. The number of nitrogens with zero attached hydrogens (tertiary/aromatic N) is 3. The molecule has 0 aliphatic heterocycles. The van der Waals surface area contributed by atoms with Crippen molar-refractivity contribution in [3.8, 4) is 11.5 Å². The molecule has 0 aliphatic carbocycles. The predicted molar refractivity (Wildman–Crippen MR) is 101 cm³/mol. The van der Waals surface area contributed by atoms with E-state index in [1.54, 1.807) is 19.2 Å². The molecule has 0 spiro atoms. The smallest absolute Gasteiger partial charge is 0.240 e. The lowest BCUT2D eigenvalue weighted by Gasteiger charge is -2.19. The topological polar surface area (TPSA) is 125 Å². The first-order chi connectivity index (χ1) is 12.3. The summed E-state index contributed by atoms with van der Waals surface area (Å²) in [6, 6.07) is 4.82. The lowest BCUT2D eigenvalue weighted by molar-refractivity contribution is -0.119. The van der Waals surface area contributed by atoms with Gasteiger partial charge in [0.15, 0.2) is 0 Å². The first-order valence-electron chi connectivity index (χ1n) is 7.79. The van der Waals surface area contributed by atoms with E-state index < -0.39 is 0 Å². The molecular formula is C16H22N6O3S. The molecule has 140 valence electrons. The molecule has 2 rings (SSSR count). The van der Waals surface area contributed by atoms with Gasteiger partial charge in [0.25, 0.3) is 0 Å². The summed E-state index contributed by atoms with van der Waals surface area (Å²) in [6.45, 7) is 5.76. The summed E-state index contributed by atoms with van der Waals surface area (Å²) < 4.78 is 5.10. The molecule has 1 aromatic carbocycles. The van der Waals surface area contributed by atoms with E-state index in [0.29, 0.717) is 22.4 Å². The van der Waals surface area contributed by atoms with Crippen LogP contribution < -0.4 is 15.5 Å². The third kappa shape index (κ3) is 6.28. The van der Waals surface area contributed by atoms with Crippen LogP contribution in [0.1, 0.15) is 26.3 Å². The Morgan fingerprint density at radius 1 is 1.46 bits per heavy atom. The molecule has 0 bridgehead atoms. The Morgan fingerprint density at radius 3 is 2.92 bits per heavy atom. The highest BCUT2D eigenvalue weighted by Gasteiger charge is 2.14. The molecule has 0 saturated carbocycles. The summed E-state index contributed by atoms with van der Waals surface area (Å²) in [5, 5.41) is 23.7. The number of amides is 1. The van der Waals surface area contributed by atoms with Gasteiger partial charge < -0.3 is 15.2 Å². The second-order valence-electron chi connectivity index (χ2n) is 6.35. The van der Waals surface area contributed by atoms with Gasteiger partial charge >= 0.3 is 0 Å². The number of benzene rings is 1. The van der Waals surface area contributed by atoms with Crippen LogP contribution in [0.4, 0.5) is 5.95 Å². The quantitative estimate of drug-likeness (QED) is 0.330. The van der Waals surface area contributed by atoms with Gasteiger partial charge in [0.05, 0.1) is 19.1 Å². The second kappa shape index (κ2) is 8.56. The molecule has 1 heterocycles. The van der Waals surface area contributed by atoms with E-state index in [1.165, 1.54) is 24.0 Å². The van der Waals surface area contributed by atoms with Gasteiger partial charge in [-0.1, -0.05) is 11.8 Å². The highest BCUT2D eigenvalue weighted by molar-refractivity contribution is 7.99. The van der Waals surface area contributed by atoms with E-state index in [9.17, 15) is 9.90 Å². The number of ether oxygens (including phenoxy) is 1. The van der Waals surface area contributed by atoms with E-state index in [-0.39, 0.29) is 22.9 Å². The number of phenols is 1. The van der Waals surface area contributed by atoms with Crippen LogP contribution in [0.25, 0.3) is 0 Å². The van der Waals surface area contributed by atoms with Crippen LogP contribution >= 0.6 is 11.8 Å². The molecule has 2 aromatic rings. The Labute approximate surface area is 155 Å². The Kier molecular flexibility index (Phi) is 6.45. The molecule has 1 aromatic heterocycles. The minimum atomic E-state index is -0.274. The lowest BCUT2D eigenvalue weighted by Crippen LogP contribution is -2.41. The second-order valence-corrected chi connectivity index (χ2v) is 7.29. The number of carbonyl (C=O) groups excluding carboxylic acids is 1. The van der Waals surface area contributed by atoms with Crippen molar-refractivity contribution in [2.75, 3.05) is 18.3 Å². The number of hydrazone groups is 1. The number of carbonyl (C=O) groups is 1. The largest absolute Gasteiger partial charge is 0.507 e. The van der Waals surface area contributed by atoms with Gasteiger partial charge in [0, 0.05) is 11.1 Å². The van der Waals surface area contributed by atoms with Crippen molar-refractivity contribution in [2.24, 2.45) is 5.10 Å². The number of aromatic nitrogens is 3. The first-order valence-corrected chi connectivity index (χ1v) is 8.77. The molecule has 9 nitrogen and oxygen atoms in total. The number of anilines is 1. The fourth-order valence-corrected chi connectivity index (χ4v) is 2.47. The van der Waals surface area contributed by atoms with Crippen molar-refractivity contribution in [2.45, 2.75) is 31.5 Å². The Hall–Kier alpha value is -2.75. The van der Waals surface area contributed by atoms with Crippen molar-refractivity contribution < 1.29 is 14.6 Å². The van der Waals surface area contributed by atoms with Crippen LogP contribution in [0.15, 0.2) is 28.5 Å². The standard InChI is InChI=1S/C16H22N6O3S/c1-16(2,3)19-13(24)9-26-15-18-14(21-22-15)20-17-8-10-7-11(25-4)5-6-12(10)23/h5-8,23H,9H2,1-4H3,(H,19,24)(H2,18,20,21,22)/b17-8-. The minimum absolute atomic E-state index is 0.0787. The van der Waals surface area contributed by atoms with E-state index in [1.807, 2.05) is 20.8 Å². The van der Waals surface area contributed by atoms with Crippen molar-refractivity contribution in [1.82, 2.24) is 20.5 Å². The van der Waals surface area contributed by atoms with Gasteiger partial charge in [-0.25, -0.2) is 10.5 Å². The van der Waals surface area contributed by atoms with Gasteiger partial charge in [-0.15, -0.1) is 5.10 Å². The van der Waals surface area contributed by atoms with Gasteiger partial charge in [0.2, 0.25) is 17.0 Å². The number of methoxy groups -OCH3 is 1. The number of aromatic amines is 1. The molecule has 26 heavy (non-hydrogen) atoms. The van der Waals surface area contributed by atoms with Gasteiger partial charge in [0.1, 0.15) is 11.5 Å². The fraction of sp³-hybridized carbons (Fsp3) is 0.375. The van der Waals surface area contributed by atoms with E-state index in [4.69, 9.17) is 4.74 Å². The Morgan fingerprint density at radius 2 is 2.23 bits per heavy atom. The van der Waals surface area contributed by atoms with Crippen LogP contribution in [-0.2, 0) is 4.79 Å². The maximum absolute atomic E-state index is 11.8. The van der Waals surface area contributed by atoms with Crippen LogP contribution in [0, 0.1) is 0 Å². The summed E-state index contributed by atoms with van der Waals surface area (Å²) in [7, 11) is 1.54. The summed E-state index contributed by atoms with van der Waals surface area (Å²) in [5.74, 6) is 1.14. The highest BCUT2D eigenvalue weighted by atomic mass is 32.2. The summed E-state index contributed by atoms with van der Waals surface area (Å²) in [5.41, 5.74) is 2.90. The van der Waals surface area contributed by atoms with Crippen LogP contribution in [-0.4, -0.2) is 50.8 Å². The number of hydrogen-bond acceptors (Lipinski definition) is 8. The maximum atomic E-state index is 11.8. The number of thioether (sulfide) groups is 1. The zero-order chi connectivity index (χ0) is 19.2. The van der Waals surface area contributed by atoms with Gasteiger partial charge in [-0.2, -0.15) is 10.1 Å². The van der Waals surface area contributed by atoms with Crippen LogP contribution in [0.2, 0.25) is 0 Å². The third-order valence-electron chi connectivity index (χ3n) is 2.92. The Balaban J connectivity index is 1.87.